The number of rotatable bonds is 15. The number of benzene rings is 2. The summed E-state index contributed by atoms with van der Waals surface area (Å²) in [5.41, 5.74) is 1.59. The van der Waals surface area contributed by atoms with Crippen molar-refractivity contribution in [2.75, 3.05) is 27.2 Å². The van der Waals surface area contributed by atoms with Crippen molar-refractivity contribution in [2.45, 2.75) is 130 Å². The van der Waals surface area contributed by atoms with Crippen LogP contribution in [0.15, 0.2) is 66.2 Å². The van der Waals surface area contributed by atoms with Gasteiger partial charge in [0.15, 0.2) is 5.78 Å². The number of methoxy groups -OCH3 is 1. The van der Waals surface area contributed by atoms with Crippen molar-refractivity contribution in [3.8, 4) is 0 Å². The van der Waals surface area contributed by atoms with Crippen LogP contribution in [0.25, 0.3) is 0 Å². The molecule has 0 saturated carbocycles. The molecular weight excluding hydrogens is 735 g/mol. The van der Waals surface area contributed by atoms with E-state index in [1.165, 1.54) is 12.0 Å². The second kappa shape index (κ2) is 20.2. The third kappa shape index (κ3) is 11.4. The highest BCUT2D eigenvalue weighted by molar-refractivity contribution is 6.09. The van der Waals surface area contributed by atoms with Crippen molar-refractivity contribution in [3.05, 3.63) is 82.9 Å². The topological polar surface area (TPSA) is 145 Å². The van der Waals surface area contributed by atoms with Gasteiger partial charge < -0.3 is 25.2 Å². The Labute approximate surface area is 345 Å². The number of piperidine rings is 1. The molecule has 12 heteroatoms. The molecule has 2 fully saturated rings. The molecule has 2 aliphatic rings. The van der Waals surface area contributed by atoms with Crippen LogP contribution in [0.2, 0.25) is 0 Å². The molecule has 0 bridgehead atoms. The summed E-state index contributed by atoms with van der Waals surface area (Å²) in [4.78, 5) is 87.1. The highest BCUT2D eigenvalue weighted by Crippen LogP contribution is 2.27. The van der Waals surface area contributed by atoms with E-state index in [1.54, 1.807) is 73.5 Å². The lowest BCUT2D eigenvalue weighted by Crippen LogP contribution is -2.60. The van der Waals surface area contributed by atoms with E-state index in [0.717, 1.165) is 31.4 Å². The van der Waals surface area contributed by atoms with Crippen LogP contribution >= 0.6 is 0 Å². The SMILES string of the molecule is COC(=O)[C@H](Cc1ccc(C(=O)c2ccccc2)cc1)NC(=O)C1CCCN1C(=O)/C(C)=C/C(C(C)C)N(C)C(=O)C(NC(=O)[C@H]1CCCCN1C(C)C)C(C)(C)C. The summed E-state index contributed by atoms with van der Waals surface area (Å²) in [7, 11) is 2.96. The number of ketones is 1. The van der Waals surface area contributed by atoms with Gasteiger partial charge in [0.05, 0.1) is 19.2 Å². The molecule has 2 N–H and O–H groups in total. The molecule has 4 rings (SSSR count). The molecule has 2 aromatic carbocycles. The van der Waals surface area contributed by atoms with Crippen LogP contribution < -0.4 is 10.6 Å². The van der Waals surface area contributed by atoms with Gasteiger partial charge in [0.1, 0.15) is 18.1 Å². The van der Waals surface area contributed by atoms with Gasteiger partial charge in [-0.2, -0.15) is 0 Å². The van der Waals surface area contributed by atoms with Gasteiger partial charge in [0.2, 0.25) is 23.6 Å². The summed E-state index contributed by atoms with van der Waals surface area (Å²) in [6.45, 7) is 16.8. The van der Waals surface area contributed by atoms with E-state index >= 15 is 0 Å². The molecule has 3 unspecified atom stereocenters. The predicted octanol–water partition coefficient (Wildman–Crippen LogP) is 5.33. The average molecular weight is 800 g/mol. The van der Waals surface area contributed by atoms with E-state index in [2.05, 4.69) is 29.4 Å². The Bertz CT molecular complexity index is 1800. The molecule has 2 aromatic rings. The maximum atomic E-state index is 14.3. The number of ether oxygens (including phenoxy) is 1. The van der Waals surface area contributed by atoms with Crippen LogP contribution in [0.3, 0.4) is 0 Å². The van der Waals surface area contributed by atoms with E-state index in [4.69, 9.17) is 4.74 Å². The third-order valence-corrected chi connectivity index (χ3v) is 11.5. The van der Waals surface area contributed by atoms with Crippen molar-refractivity contribution >= 4 is 35.4 Å². The van der Waals surface area contributed by atoms with Crippen molar-refractivity contribution in [1.29, 1.82) is 0 Å². The molecule has 0 radical (unpaired) electrons. The summed E-state index contributed by atoms with van der Waals surface area (Å²) in [5, 5.41) is 5.95. The van der Waals surface area contributed by atoms with Gasteiger partial charge in [-0.05, 0) is 69.9 Å². The number of esters is 1. The molecule has 316 valence electrons. The van der Waals surface area contributed by atoms with E-state index in [1.807, 2.05) is 40.7 Å². The van der Waals surface area contributed by atoms with Crippen LogP contribution in [-0.4, -0.2) is 114 Å². The van der Waals surface area contributed by atoms with Crippen molar-refractivity contribution in [1.82, 2.24) is 25.3 Å². The van der Waals surface area contributed by atoms with Crippen molar-refractivity contribution in [2.24, 2.45) is 11.3 Å². The number of nitrogens with zero attached hydrogens (tertiary/aromatic N) is 3. The zero-order chi connectivity index (χ0) is 42.9. The van der Waals surface area contributed by atoms with Crippen LogP contribution in [-0.2, 0) is 35.1 Å². The Hall–Kier alpha value is -4.84. The number of amides is 4. The molecule has 0 spiro atoms. The average Bonchev–Trinajstić information content (AvgIpc) is 3.70. The zero-order valence-electron chi connectivity index (χ0n) is 36.2. The maximum absolute atomic E-state index is 14.3. The highest BCUT2D eigenvalue weighted by Gasteiger charge is 2.41. The summed E-state index contributed by atoms with van der Waals surface area (Å²) in [6, 6.07) is 12.6. The Balaban J connectivity index is 1.46. The highest BCUT2D eigenvalue weighted by atomic mass is 16.5. The van der Waals surface area contributed by atoms with E-state index < -0.39 is 41.5 Å². The standard InChI is InChI=1S/C46H65N5O7/c1-29(2)38(49(9)44(56)40(46(6,7)8)48-42(54)36-19-14-15-25-50(36)30(3)4)27-31(5)43(55)51-26-16-20-37(51)41(53)47-35(45(57)58-10)28-32-21-23-34(24-22-32)39(52)33-17-12-11-13-18-33/h11-13,17-18,21-24,27,29-30,35-38,40H,14-16,19-20,25-26,28H2,1-10H3,(H,47,53)(H,48,54)/b31-27+/t35-,36+,37?,38?,40?/m0/s1. The normalized spacial score (nSPS) is 19.3. The molecule has 0 aliphatic carbocycles. The number of carbonyl (C=O) groups excluding carboxylic acids is 6. The minimum atomic E-state index is -1.02. The molecule has 5 atom stereocenters. The Morgan fingerprint density at radius 3 is 2.02 bits per heavy atom. The molecule has 58 heavy (non-hydrogen) atoms. The third-order valence-electron chi connectivity index (χ3n) is 11.5. The van der Waals surface area contributed by atoms with Crippen LogP contribution in [0, 0.1) is 11.3 Å². The monoisotopic (exact) mass is 799 g/mol. The van der Waals surface area contributed by atoms with Crippen LogP contribution in [0.1, 0.15) is 109 Å². The minimum Gasteiger partial charge on any atom is -0.467 e. The fraction of sp³-hybridized carbons (Fsp3) is 0.565. The van der Waals surface area contributed by atoms with Crippen molar-refractivity contribution in [3.63, 3.8) is 0 Å². The molecule has 2 heterocycles. The fourth-order valence-electron chi connectivity index (χ4n) is 8.07. The van der Waals surface area contributed by atoms with Gasteiger partial charge >= 0.3 is 5.97 Å². The molecule has 0 aromatic heterocycles. The Morgan fingerprint density at radius 2 is 1.43 bits per heavy atom. The lowest BCUT2D eigenvalue weighted by molar-refractivity contribution is -0.146. The number of nitrogens with one attached hydrogen (secondary N) is 2. The number of hydrogen-bond acceptors (Lipinski definition) is 8. The number of hydrogen-bond donors (Lipinski definition) is 2. The minimum absolute atomic E-state index is 0.0770. The molecule has 2 aliphatic heterocycles. The Kier molecular flexibility index (Phi) is 16.0. The van der Waals surface area contributed by atoms with Crippen LogP contribution in [0.5, 0.6) is 0 Å². The first-order valence-corrected chi connectivity index (χ1v) is 20.7. The quantitative estimate of drug-likeness (QED) is 0.140. The number of likely N-dealkylation sites (tertiary alicyclic amines) is 2. The molecule has 4 amide bonds. The zero-order valence-corrected chi connectivity index (χ0v) is 36.2. The first-order chi connectivity index (χ1) is 27.3. The summed E-state index contributed by atoms with van der Waals surface area (Å²) in [6.07, 6.45) is 5.68. The molecule has 2 saturated heterocycles. The molecular formula is C46H65N5O7. The second-order valence-corrected chi connectivity index (χ2v) is 17.5. The lowest BCUT2D eigenvalue weighted by Gasteiger charge is -2.41. The first-order valence-electron chi connectivity index (χ1n) is 20.7. The smallest absolute Gasteiger partial charge is 0.328 e. The van der Waals surface area contributed by atoms with Gasteiger partial charge in [0, 0.05) is 42.8 Å². The van der Waals surface area contributed by atoms with Gasteiger partial charge in [-0.15, -0.1) is 0 Å². The largest absolute Gasteiger partial charge is 0.467 e. The van der Waals surface area contributed by atoms with Gasteiger partial charge in [-0.25, -0.2) is 4.79 Å². The van der Waals surface area contributed by atoms with E-state index in [-0.39, 0.29) is 47.9 Å². The number of carbonyl (C=O) groups is 6. The first kappa shape index (κ1) is 45.9. The summed E-state index contributed by atoms with van der Waals surface area (Å²) < 4.78 is 5.04. The van der Waals surface area contributed by atoms with Crippen molar-refractivity contribution < 1.29 is 33.5 Å². The summed E-state index contributed by atoms with van der Waals surface area (Å²) in [5.74, 6) is -2.00. The predicted molar refractivity (Wildman–Crippen MR) is 225 cm³/mol. The Morgan fingerprint density at radius 1 is 0.828 bits per heavy atom. The maximum Gasteiger partial charge on any atom is 0.328 e. The van der Waals surface area contributed by atoms with Crippen LogP contribution in [0.4, 0.5) is 0 Å². The number of likely N-dealkylation sites (N-methyl/N-ethyl adjacent to an activating group) is 1. The van der Waals surface area contributed by atoms with E-state index in [0.29, 0.717) is 36.1 Å². The van der Waals surface area contributed by atoms with Gasteiger partial charge in [-0.3, -0.25) is 28.9 Å². The van der Waals surface area contributed by atoms with Gasteiger partial charge in [0.25, 0.3) is 0 Å². The fourth-order valence-corrected chi connectivity index (χ4v) is 8.07. The lowest BCUT2D eigenvalue weighted by atomic mass is 9.84. The summed E-state index contributed by atoms with van der Waals surface area (Å²) >= 11 is 0. The van der Waals surface area contributed by atoms with E-state index in [9.17, 15) is 28.8 Å². The second-order valence-electron chi connectivity index (χ2n) is 17.5. The van der Waals surface area contributed by atoms with Gasteiger partial charge in [-0.1, -0.05) is 102 Å². The molecule has 12 nitrogen and oxygen atoms in total.